The van der Waals surface area contributed by atoms with Gasteiger partial charge in [0.05, 0.1) is 0 Å². The first-order chi connectivity index (χ1) is 7.83. The molecule has 0 bridgehead atoms. The summed E-state index contributed by atoms with van der Waals surface area (Å²) in [5.74, 6) is -0.848. The molecule has 0 spiro atoms. The maximum Gasteiger partial charge on any atom is 0.159 e. The highest BCUT2D eigenvalue weighted by molar-refractivity contribution is 5.78. The number of hydrogen-bond acceptors (Lipinski definition) is 0. The van der Waals surface area contributed by atoms with E-state index in [-0.39, 0.29) is 11.9 Å². The van der Waals surface area contributed by atoms with Crippen LogP contribution in [0.3, 0.4) is 0 Å². The van der Waals surface area contributed by atoms with E-state index >= 15 is 0 Å². The minimum Gasteiger partial charge on any atom is -0.212 e. The zero-order chi connectivity index (χ0) is 11.4. The van der Waals surface area contributed by atoms with Crippen molar-refractivity contribution in [2.75, 3.05) is 0 Å². The van der Waals surface area contributed by atoms with Gasteiger partial charge in [0.25, 0.3) is 0 Å². The van der Waals surface area contributed by atoms with Crippen LogP contribution in [-0.4, -0.2) is 0 Å². The minimum absolute atomic E-state index is 0.0121. The minimum atomic E-state index is -0.848. The van der Waals surface area contributed by atoms with E-state index in [2.05, 4.69) is 0 Å². The Labute approximate surface area is 92.9 Å². The van der Waals surface area contributed by atoms with Gasteiger partial charge in [-0.15, -0.1) is 0 Å². The lowest BCUT2D eigenvalue weighted by Gasteiger charge is -2.06. The SMILES string of the molecule is FC=C(F)c1ccccc1-c1ccccc1. The van der Waals surface area contributed by atoms with Crippen molar-refractivity contribution in [3.05, 3.63) is 66.5 Å². The highest BCUT2D eigenvalue weighted by Gasteiger charge is 2.08. The van der Waals surface area contributed by atoms with E-state index in [0.717, 1.165) is 5.56 Å². The molecule has 2 rings (SSSR count). The lowest BCUT2D eigenvalue weighted by molar-refractivity contribution is 0.671. The van der Waals surface area contributed by atoms with Crippen molar-refractivity contribution >= 4 is 5.83 Å². The number of benzene rings is 2. The molecule has 0 amide bonds. The molecule has 2 aromatic rings. The molecule has 0 radical (unpaired) electrons. The Balaban J connectivity index is 2.58. The van der Waals surface area contributed by atoms with Crippen LogP contribution < -0.4 is 0 Å². The van der Waals surface area contributed by atoms with Crippen molar-refractivity contribution in [1.29, 1.82) is 0 Å². The van der Waals surface area contributed by atoms with Crippen LogP contribution in [0.1, 0.15) is 5.56 Å². The fraction of sp³-hybridized carbons (Fsp3) is 0. The summed E-state index contributed by atoms with van der Waals surface area (Å²) in [5.41, 5.74) is 1.83. The van der Waals surface area contributed by atoms with Crippen molar-refractivity contribution in [3.63, 3.8) is 0 Å². The first kappa shape index (κ1) is 10.6. The van der Waals surface area contributed by atoms with E-state index in [9.17, 15) is 8.78 Å². The molecule has 0 saturated heterocycles. The molecule has 0 atom stereocenters. The Morgan fingerprint density at radius 1 is 0.875 bits per heavy atom. The summed E-state index contributed by atoms with van der Waals surface area (Å²) in [7, 11) is 0. The average molecular weight is 216 g/mol. The fourth-order valence-electron chi connectivity index (χ4n) is 1.62. The van der Waals surface area contributed by atoms with Gasteiger partial charge in [-0.25, -0.2) is 8.78 Å². The topological polar surface area (TPSA) is 0 Å². The van der Waals surface area contributed by atoms with E-state index in [4.69, 9.17) is 0 Å². The zero-order valence-electron chi connectivity index (χ0n) is 8.53. The molecule has 0 aliphatic carbocycles. The number of halogens is 2. The molecule has 0 N–H and O–H groups in total. The maximum atomic E-state index is 13.3. The molecule has 16 heavy (non-hydrogen) atoms. The monoisotopic (exact) mass is 216 g/mol. The summed E-state index contributed by atoms with van der Waals surface area (Å²) in [6.45, 7) is 0. The maximum absolute atomic E-state index is 13.3. The van der Waals surface area contributed by atoms with Crippen LogP contribution in [0.15, 0.2) is 60.9 Å². The van der Waals surface area contributed by atoms with Crippen LogP contribution in [0.2, 0.25) is 0 Å². The van der Waals surface area contributed by atoms with Gasteiger partial charge in [0.1, 0.15) is 6.33 Å². The van der Waals surface area contributed by atoms with Gasteiger partial charge in [-0.05, 0) is 11.1 Å². The predicted molar refractivity (Wildman–Crippen MR) is 62.1 cm³/mol. The van der Waals surface area contributed by atoms with E-state index in [1.54, 1.807) is 24.3 Å². The van der Waals surface area contributed by atoms with E-state index in [0.29, 0.717) is 5.56 Å². The smallest absolute Gasteiger partial charge is 0.159 e. The van der Waals surface area contributed by atoms with Crippen LogP contribution in [0.4, 0.5) is 8.78 Å². The standard InChI is InChI=1S/C14H10F2/c15-10-14(16)13-9-5-4-8-12(13)11-6-2-1-3-7-11/h1-10H. The number of hydrogen-bond donors (Lipinski definition) is 0. The first-order valence-corrected chi connectivity index (χ1v) is 4.93. The Kier molecular flexibility index (Phi) is 3.10. The third-order valence-electron chi connectivity index (χ3n) is 2.36. The van der Waals surface area contributed by atoms with Crippen molar-refractivity contribution < 1.29 is 8.78 Å². The largest absolute Gasteiger partial charge is 0.212 e. The Hall–Kier alpha value is -1.96. The van der Waals surface area contributed by atoms with Gasteiger partial charge < -0.3 is 0 Å². The van der Waals surface area contributed by atoms with Crippen molar-refractivity contribution in [2.45, 2.75) is 0 Å². The molecule has 0 nitrogen and oxygen atoms in total. The average Bonchev–Trinajstić information content (AvgIpc) is 2.39. The normalized spacial score (nSPS) is 11.5. The van der Waals surface area contributed by atoms with E-state index in [1.165, 1.54) is 0 Å². The van der Waals surface area contributed by atoms with Crippen LogP contribution in [-0.2, 0) is 0 Å². The van der Waals surface area contributed by atoms with Gasteiger partial charge in [-0.2, -0.15) is 0 Å². The Morgan fingerprint density at radius 3 is 2.19 bits per heavy atom. The van der Waals surface area contributed by atoms with Crippen molar-refractivity contribution in [2.24, 2.45) is 0 Å². The van der Waals surface area contributed by atoms with Gasteiger partial charge >= 0.3 is 0 Å². The fourth-order valence-corrected chi connectivity index (χ4v) is 1.62. The van der Waals surface area contributed by atoms with Gasteiger partial charge in [-0.3, -0.25) is 0 Å². The molecular weight excluding hydrogens is 206 g/mol. The predicted octanol–water partition coefficient (Wildman–Crippen LogP) is 4.59. The van der Waals surface area contributed by atoms with Gasteiger partial charge in [0.15, 0.2) is 5.83 Å². The van der Waals surface area contributed by atoms with Crippen LogP contribution in [0, 0.1) is 0 Å². The van der Waals surface area contributed by atoms with Crippen LogP contribution in [0.5, 0.6) is 0 Å². The number of rotatable bonds is 2. The lowest BCUT2D eigenvalue weighted by Crippen LogP contribution is -1.85. The van der Waals surface area contributed by atoms with E-state index in [1.807, 2.05) is 30.3 Å². The Morgan fingerprint density at radius 2 is 1.50 bits per heavy atom. The first-order valence-electron chi connectivity index (χ1n) is 4.93. The second-order valence-corrected chi connectivity index (χ2v) is 3.37. The molecule has 0 aromatic heterocycles. The molecule has 0 aliphatic rings. The lowest BCUT2D eigenvalue weighted by atomic mass is 9.99. The molecule has 0 heterocycles. The van der Waals surface area contributed by atoms with Gasteiger partial charge in [-0.1, -0.05) is 54.6 Å². The van der Waals surface area contributed by atoms with Crippen molar-refractivity contribution in [1.82, 2.24) is 0 Å². The van der Waals surface area contributed by atoms with E-state index < -0.39 is 5.83 Å². The highest BCUT2D eigenvalue weighted by atomic mass is 19.2. The molecular formula is C14H10F2. The molecule has 0 aliphatic heterocycles. The summed E-state index contributed by atoms with van der Waals surface area (Å²) in [6, 6.07) is 16.2. The second kappa shape index (κ2) is 4.71. The Bertz CT molecular complexity index is 501. The molecule has 2 heteroatoms. The summed E-state index contributed by atoms with van der Waals surface area (Å²) < 4.78 is 25.5. The molecule has 0 fully saturated rings. The summed E-state index contributed by atoms with van der Waals surface area (Å²) in [4.78, 5) is 0. The third kappa shape index (κ3) is 2.01. The van der Waals surface area contributed by atoms with Gasteiger partial charge in [0.2, 0.25) is 0 Å². The van der Waals surface area contributed by atoms with Crippen LogP contribution in [0.25, 0.3) is 17.0 Å². The summed E-state index contributed by atoms with van der Waals surface area (Å²) >= 11 is 0. The second-order valence-electron chi connectivity index (χ2n) is 3.37. The third-order valence-corrected chi connectivity index (χ3v) is 2.36. The van der Waals surface area contributed by atoms with Crippen molar-refractivity contribution in [3.8, 4) is 11.1 Å². The molecule has 2 aromatic carbocycles. The van der Waals surface area contributed by atoms with Crippen LogP contribution >= 0.6 is 0 Å². The summed E-state index contributed by atoms with van der Waals surface area (Å²) in [5, 5.41) is 0. The highest BCUT2D eigenvalue weighted by Crippen LogP contribution is 2.29. The molecule has 0 unspecified atom stereocenters. The zero-order valence-corrected chi connectivity index (χ0v) is 8.53. The van der Waals surface area contributed by atoms with Gasteiger partial charge in [0, 0.05) is 5.56 Å². The molecule has 80 valence electrons. The quantitative estimate of drug-likeness (QED) is 0.688. The summed E-state index contributed by atoms with van der Waals surface area (Å²) in [6.07, 6.45) is -0.0121. The molecule has 0 saturated carbocycles.